The summed E-state index contributed by atoms with van der Waals surface area (Å²) in [6.07, 6.45) is 0. The van der Waals surface area contributed by atoms with Crippen LogP contribution in [0.25, 0.3) is 0 Å². The molecule has 0 aliphatic carbocycles. The fraction of sp³-hybridized carbons (Fsp3) is 0.286. The number of amides is 1. The highest BCUT2D eigenvalue weighted by Gasteiger charge is 2.19. The first-order chi connectivity index (χ1) is 11.3. The van der Waals surface area contributed by atoms with Crippen molar-refractivity contribution in [2.45, 2.75) is 24.3 Å². The zero-order valence-corrected chi connectivity index (χ0v) is 14.9. The van der Waals surface area contributed by atoms with E-state index >= 15 is 0 Å². The van der Waals surface area contributed by atoms with Gasteiger partial charge in [-0.1, -0.05) is 23.4 Å². The predicted octanol–water partition coefficient (Wildman–Crippen LogP) is 2.13. The molecule has 0 saturated heterocycles. The molecule has 1 atom stereocenters. The fourth-order valence-electron chi connectivity index (χ4n) is 1.82. The standard InChI is InChI=1S/C14H17ClN6O2S/c1-6-4-9(10(23-3)5-8(6)15)18-11(22)7(2)24-14-20-12(16)19-13(17)21-14/h4-5,7H,1-3H3,(H,18,22)(H4,16,17,19,20,21)/t7-/m0/s1. The van der Waals surface area contributed by atoms with E-state index in [9.17, 15) is 4.79 Å². The molecule has 0 saturated carbocycles. The van der Waals surface area contributed by atoms with Gasteiger partial charge in [0.15, 0.2) is 5.16 Å². The molecule has 0 unspecified atom stereocenters. The normalized spacial score (nSPS) is 11.8. The van der Waals surface area contributed by atoms with E-state index in [1.165, 1.54) is 7.11 Å². The minimum Gasteiger partial charge on any atom is -0.495 e. The van der Waals surface area contributed by atoms with Gasteiger partial charge in [0.05, 0.1) is 18.0 Å². The minimum atomic E-state index is -0.494. The first kappa shape index (κ1) is 18.1. The first-order valence-electron chi connectivity index (χ1n) is 6.89. The van der Waals surface area contributed by atoms with E-state index in [0.717, 1.165) is 17.3 Å². The molecule has 0 aliphatic rings. The van der Waals surface area contributed by atoms with Gasteiger partial charge < -0.3 is 21.5 Å². The molecule has 0 fully saturated rings. The van der Waals surface area contributed by atoms with E-state index in [1.54, 1.807) is 19.1 Å². The van der Waals surface area contributed by atoms with Crippen LogP contribution >= 0.6 is 23.4 Å². The number of nitrogens with one attached hydrogen (secondary N) is 1. The van der Waals surface area contributed by atoms with E-state index < -0.39 is 5.25 Å². The molecule has 0 spiro atoms. The van der Waals surface area contributed by atoms with Gasteiger partial charge in [-0.3, -0.25) is 4.79 Å². The number of carbonyl (C=O) groups excluding carboxylic acids is 1. The Morgan fingerprint density at radius 3 is 2.50 bits per heavy atom. The summed E-state index contributed by atoms with van der Waals surface area (Å²) in [7, 11) is 1.51. The molecule has 0 radical (unpaired) electrons. The van der Waals surface area contributed by atoms with Crippen molar-refractivity contribution < 1.29 is 9.53 Å². The number of anilines is 3. The molecule has 8 nitrogen and oxygen atoms in total. The number of methoxy groups -OCH3 is 1. The van der Waals surface area contributed by atoms with Crippen LogP contribution in [-0.4, -0.2) is 33.2 Å². The second-order valence-corrected chi connectivity index (χ2v) is 6.60. The molecule has 10 heteroatoms. The van der Waals surface area contributed by atoms with Crippen molar-refractivity contribution in [1.29, 1.82) is 0 Å². The molecule has 128 valence electrons. The van der Waals surface area contributed by atoms with Crippen LogP contribution in [0.1, 0.15) is 12.5 Å². The second-order valence-electron chi connectivity index (χ2n) is 4.89. The Balaban J connectivity index is 2.13. The van der Waals surface area contributed by atoms with Gasteiger partial charge in [0.25, 0.3) is 0 Å². The van der Waals surface area contributed by atoms with Crippen molar-refractivity contribution in [3.8, 4) is 5.75 Å². The van der Waals surface area contributed by atoms with E-state index in [0.29, 0.717) is 16.5 Å². The maximum Gasteiger partial charge on any atom is 0.237 e. The smallest absolute Gasteiger partial charge is 0.237 e. The quantitative estimate of drug-likeness (QED) is 0.684. The predicted molar refractivity (Wildman–Crippen MR) is 95.3 cm³/mol. The molecule has 0 aliphatic heterocycles. The molecule has 1 aromatic heterocycles. The van der Waals surface area contributed by atoms with Gasteiger partial charge in [0.1, 0.15) is 5.75 Å². The third kappa shape index (κ3) is 4.39. The van der Waals surface area contributed by atoms with Gasteiger partial charge in [0.2, 0.25) is 17.8 Å². The monoisotopic (exact) mass is 368 g/mol. The molecule has 24 heavy (non-hydrogen) atoms. The average Bonchev–Trinajstić information content (AvgIpc) is 2.49. The number of ether oxygens (including phenoxy) is 1. The molecule has 2 aromatic rings. The zero-order chi connectivity index (χ0) is 17.9. The lowest BCUT2D eigenvalue weighted by Crippen LogP contribution is -2.23. The highest BCUT2D eigenvalue weighted by atomic mass is 35.5. The van der Waals surface area contributed by atoms with Crippen LogP contribution in [0.5, 0.6) is 5.75 Å². The molecule has 0 bridgehead atoms. The average molecular weight is 369 g/mol. The molecule has 5 N–H and O–H groups in total. The van der Waals surface area contributed by atoms with E-state index in [4.69, 9.17) is 27.8 Å². The Morgan fingerprint density at radius 1 is 1.29 bits per heavy atom. The van der Waals surface area contributed by atoms with Crippen molar-refractivity contribution in [1.82, 2.24) is 15.0 Å². The van der Waals surface area contributed by atoms with Gasteiger partial charge in [0, 0.05) is 11.1 Å². The van der Waals surface area contributed by atoms with Crippen LogP contribution < -0.4 is 21.5 Å². The Hall–Kier alpha value is -2.26. The number of nitrogen functional groups attached to an aromatic ring is 2. The van der Waals surface area contributed by atoms with E-state index in [-0.39, 0.29) is 23.0 Å². The number of nitrogens with zero attached hydrogens (tertiary/aromatic N) is 3. The summed E-state index contributed by atoms with van der Waals surface area (Å²) < 4.78 is 5.24. The topological polar surface area (TPSA) is 129 Å². The number of aromatic nitrogens is 3. The second kappa shape index (κ2) is 7.54. The van der Waals surface area contributed by atoms with Crippen LogP contribution in [0.2, 0.25) is 5.02 Å². The molecular weight excluding hydrogens is 352 g/mol. The number of thioether (sulfide) groups is 1. The number of rotatable bonds is 5. The molecule has 1 heterocycles. The summed E-state index contributed by atoms with van der Waals surface area (Å²) in [4.78, 5) is 24.0. The van der Waals surface area contributed by atoms with Gasteiger partial charge >= 0.3 is 0 Å². The third-order valence-corrected chi connectivity index (χ3v) is 4.41. The summed E-state index contributed by atoms with van der Waals surface area (Å²) in [6, 6.07) is 3.40. The van der Waals surface area contributed by atoms with Crippen LogP contribution in [0.4, 0.5) is 17.6 Å². The zero-order valence-electron chi connectivity index (χ0n) is 13.3. The molecule has 1 aromatic carbocycles. The largest absolute Gasteiger partial charge is 0.495 e. The van der Waals surface area contributed by atoms with Crippen LogP contribution in [-0.2, 0) is 4.79 Å². The minimum absolute atomic E-state index is 0.00704. The van der Waals surface area contributed by atoms with Crippen LogP contribution in [0.3, 0.4) is 0 Å². The highest BCUT2D eigenvalue weighted by molar-refractivity contribution is 8.00. The van der Waals surface area contributed by atoms with Crippen molar-refractivity contribution in [2.24, 2.45) is 0 Å². The van der Waals surface area contributed by atoms with E-state index in [1.807, 2.05) is 6.92 Å². The summed E-state index contributed by atoms with van der Waals surface area (Å²) >= 11 is 7.18. The Kier molecular flexibility index (Phi) is 5.68. The summed E-state index contributed by atoms with van der Waals surface area (Å²) in [5.74, 6) is 0.239. The van der Waals surface area contributed by atoms with Crippen molar-refractivity contribution in [3.63, 3.8) is 0 Å². The maximum absolute atomic E-state index is 12.4. The number of nitrogens with two attached hydrogens (primary N) is 2. The number of halogens is 1. The summed E-state index contributed by atoms with van der Waals surface area (Å²) in [6.45, 7) is 3.55. The van der Waals surface area contributed by atoms with Crippen molar-refractivity contribution in [2.75, 3.05) is 23.9 Å². The van der Waals surface area contributed by atoms with Gasteiger partial charge in [-0.25, -0.2) is 0 Å². The van der Waals surface area contributed by atoms with Crippen LogP contribution in [0, 0.1) is 6.92 Å². The van der Waals surface area contributed by atoms with Gasteiger partial charge in [-0.15, -0.1) is 0 Å². The van der Waals surface area contributed by atoms with Gasteiger partial charge in [-0.2, -0.15) is 15.0 Å². The molecule has 1 amide bonds. The summed E-state index contributed by atoms with van der Waals surface area (Å²) in [5.41, 5.74) is 12.4. The Morgan fingerprint density at radius 2 is 1.92 bits per heavy atom. The SMILES string of the molecule is COc1cc(Cl)c(C)cc1NC(=O)[C@H](C)Sc1nc(N)nc(N)n1. The lowest BCUT2D eigenvalue weighted by atomic mass is 10.2. The van der Waals surface area contributed by atoms with Crippen molar-refractivity contribution >= 4 is 46.9 Å². The number of hydrogen-bond donors (Lipinski definition) is 3. The lowest BCUT2D eigenvalue weighted by molar-refractivity contribution is -0.115. The first-order valence-corrected chi connectivity index (χ1v) is 8.14. The fourth-order valence-corrected chi connectivity index (χ4v) is 2.75. The highest BCUT2D eigenvalue weighted by Crippen LogP contribution is 2.31. The maximum atomic E-state index is 12.4. The Labute approximate surface area is 148 Å². The van der Waals surface area contributed by atoms with Gasteiger partial charge in [-0.05, 0) is 25.5 Å². The van der Waals surface area contributed by atoms with E-state index in [2.05, 4.69) is 20.3 Å². The Bertz CT molecular complexity index is 753. The number of benzene rings is 1. The molecular formula is C14H17ClN6O2S. The number of carbonyl (C=O) groups is 1. The third-order valence-electron chi connectivity index (χ3n) is 3.04. The van der Waals surface area contributed by atoms with Crippen LogP contribution in [0.15, 0.2) is 17.3 Å². The molecule has 2 rings (SSSR count). The number of hydrogen-bond acceptors (Lipinski definition) is 8. The lowest BCUT2D eigenvalue weighted by Gasteiger charge is -2.15. The summed E-state index contributed by atoms with van der Waals surface area (Å²) in [5, 5.41) is 3.15. The number of aryl methyl sites for hydroxylation is 1. The van der Waals surface area contributed by atoms with Crippen molar-refractivity contribution in [3.05, 3.63) is 22.7 Å².